The van der Waals surface area contributed by atoms with E-state index in [4.69, 9.17) is 11.0 Å². The first kappa shape index (κ1) is 12.5. The number of carbonyl (C=O) groups is 2. The molecule has 0 saturated heterocycles. The van der Waals surface area contributed by atoms with E-state index in [0.29, 0.717) is 17.1 Å². The third kappa shape index (κ3) is 2.46. The number of nitrogens with two attached hydrogens (primary N) is 1. The first-order valence-corrected chi connectivity index (χ1v) is 6.31. The van der Waals surface area contributed by atoms with Crippen LogP contribution in [0.25, 0.3) is 0 Å². The summed E-state index contributed by atoms with van der Waals surface area (Å²) in [6, 6.07) is 7.07. The Bertz CT molecular complexity index is 551. The topological polar surface area (TPSA) is 87.2 Å². The van der Waals surface area contributed by atoms with Gasteiger partial charge in [-0.25, -0.2) is 0 Å². The number of rotatable bonds is 3. The molecule has 1 heterocycles. The molecule has 0 fully saturated rings. The lowest BCUT2D eigenvalue weighted by molar-refractivity contribution is -0.121. The zero-order chi connectivity index (χ0) is 13.1. The van der Waals surface area contributed by atoms with E-state index >= 15 is 0 Å². The standard InChI is InChI=1S/C12H11N3O2S/c13-4-3-9(16)6-15-10-5-8(14)1-2-11(10)18-7-12(15)17/h1-2,5H,3,6-7,14H2. The summed E-state index contributed by atoms with van der Waals surface area (Å²) < 4.78 is 0. The summed E-state index contributed by atoms with van der Waals surface area (Å²) >= 11 is 1.43. The molecule has 0 aromatic heterocycles. The van der Waals surface area contributed by atoms with Crippen LogP contribution in [0.15, 0.2) is 23.1 Å². The van der Waals surface area contributed by atoms with Crippen LogP contribution >= 0.6 is 11.8 Å². The van der Waals surface area contributed by atoms with Crippen molar-refractivity contribution in [2.45, 2.75) is 11.3 Å². The van der Waals surface area contributed by atoms with Gasteiger partial charge >= 0.3 is 0 Å². The molecule has 2 N–H and O–H groups in total. The van der Waals surface area contributed by atoms with Gasteiger partial charge in [0.25, 0.3) is 0 Å². The van der Waals surface area contributed by atoms with Gasteiger partial charge in [-0.1, -0.05) is 0 Å². The number of ketones is 1. The third-order valence-electron chi connectivity index (χ3n) is 2.54. The molecule has 0 bridgehead atoms. The highest BCUT2D eigenvalue weighted by Crippen LogP contribution is 2.36. The van der Waals surface area contributed by atoms with Crippen molar-refractivity contribution in [1.82, 2.24) is 0 Å². The van der Waals surface area contributed by atoms with Gasteiger partial charge in [0.1, 0.15) is 0 Å². The van der Waals surface area contributed by atoms with Gasteiger partial charge < -0.3 is 10.6 Å². The van der Waals surface area contributed by atoms with Crippen molar-refractivity contribution in [3.8, 4) is 6.07 Å². The Morgan fingerprint density at radius 3 is 3.06 bits per heavy atom. The Hall–Kier alpha value is -2.00. The van der Waals surface area contributed by atoms with E-state index in [0.717, 1.165) is 4.90 Å². The van der Waals surface area contributed by atoms with E-state index in [1.165, 1.54) is 16.7 Å². The van der Waals surface area contributed by atoms with Crippen LogP contribution < -0.4 is 10.6 Å². The van der Waals surface area contributed by atoms with Gasteiger partial charge in [0.2, 0.25) is 5.91 Å². The molecule has 5 nitrogen and oxygen atoms in total. The first-order valence-electron chi connectivity index (χ1n) is 5.33. The number of anilines is 2. The molecule has 0 unspecified atom stereocenters. The summed E-state index contributed by atoms with van der Waals surface area (Å²) in [7, 11) is 0. The van der Waals surface area contributed by atoms with Crippen LogP contribution in [0.1, 0.15) is 6.42 Å². The molecule has 1 aromatic carbocycles. The number of carbonyl (C=O) groups excluding carboxylic acids is 2. The van der Waals surface area contributed by atoms with E-state index in [9.17, 15) is 9.59 Å². The summed E-state index contributed by atoms with van der Waals surface area (Å²) in [5, 5.41) is 8.47. The lowest BCUT2D eigenvalue weighted by Gasteiger charge is -2.28. The Labute approximate surface area is 109 Å². The van der Waals surface area contributed by atoms with Gasteiger partial charge in [-0.15, -0.1) is 11.8 Å². The maximum absolute atomic E-state index is 11.8. The minimum absolute atomic E-state index is 0.0661. The molecule has 1 aromatic rings. The van der Waals surface area contributed by atoms with Gasteiger partial charge in [-0.05, 0) is 18.2 Å². The lowest BCUT2D eigenvalue weighted by Crippen LogP contribution is -2.39. The van der Waals surface area contributed by atoms with Crippen LogP contribution in [0.5, 0.6) is 0 Å². The van der Waals surface area contributed by atoms with E-state index in [1.54, 1.807) is 18.2 Å². The summed E-state index contributed by atoms with van der Waals surface area (Å²) in [5.41, 5.74) is 6.89. The minimum Gasteiger partial charge on any atom is -0.399 e. The number of Topliss-reactive ketones (excluding diaryl/α,β-unsaturated/α-hetero) is 1. The molecule has 6 heteroatoms. The van der Waals surface area contributed by atoms with E-state index in [2.05, 4.69) is 0 Å². The van der Waals surface area contributed by atoms with Crippen LogP contribution in [0.3, 0.4) is 0 Å². The number of thioether (sulfide) groups is 1. The Balaban J connectivity index is 2.30. The largest absolute Gasteiger partial charge is 0.399 e. The summed E-state index contributed by atoms with van der Waals surface area (Å²) in [5.74, 6) is -0.105. The maximum Gasteiger partial charge on any atom is 0.237 e. The summed E-state index contributed by atoms with van der Waals surface area (Å²) in [6.45, 7) is -0.0661. The van der Waals surface area contributed by atoms with E-state index in [1.807, 2.05) is 6.07 Å². The van der Waals surface area contributed by atoms with Gasteiger partial charge in [0, 0.05) is 10.6 Å². The number of hydrogen-bond donors (Lipinski definition) is 1. The number of nitrogens with zero attached hydrogens (tertiary/aromatic N) is 2. The van der Waals surface area contributed by atoms with Crippen molar-refractivity contribution in [2.24, 2.45) is 0 Å². The molecule has 0 spiro atoms. The molecule has 1 amide bonds. The SMILES string of the molecule is N#CCC(=O)CN1C(=O)CSc2ccc(N)cc21. The molecule has 1 aliphatic heterocycles. The highest BCUT2D eigenvalue weighted by Gasteiger charge is 2.26. The molecular weight excluding hydrogens is 250 g/mol. The normalized spacial score (nSPS) is 13.9. The van der Waals surface area contributed by atoms with Crippen molar-refractivity contribution in [3.63, 3.8) is 0 Å². The second-order valence-electron chi connectivity index (χ2n) is 3.87. The Morgan fingerprint density at radius 2 is 2.33 bits per heavy atom. The Kier molecular flexibility index (Phi) is 3.53. The average molecular weight is 261 g/mol. The monoisotopic (exact) mass is 261 g/mol. The van der Waals surface area contributed by atoms with E-state index in [-0.39, 0.29) is 24.7 Å². The molecule has 1 aliphatic rings. The fourth-order valence-electron chi connectivity index (χ4n) is 1.71. The van der Waals surface area contributed by atoms with Gasteiger partial charge in [-0.2, -0.15) is 5.26 Å². The maximum atomic E-state index is 11.8. The van der Waals surface area contributed by atoms with Crippen molar-refractivity contribution in [3.05, 3.63) is 18.2 Å². The van der Waals surface area contributed by atoms with Crippen molar-refractivity contribution < 1.29 is 9.59 Å². The Morgan fingerprint density at radius 1 is 1.56 bits per heavy atom. The molecule has 92 valence electrons. The fourth-order valence-corrected chi connectivity index (χ4v) is 2.63. The zero-order valence-electron chi connectivity index (χ0n) is 9.55. The van der Waals surface area contributed by atoms with Gasteiger partial charge in [0.05, 0.1) is 30.5 Å². The molecule has 0 atom stereocenters. The fraction of sp³-hybridized carbons (Fsp3) is 0.250. The van der Waals surface area contributed by atoms with Crippen molar-refractivity contribution in [2.75, 3.05) is 22.9 Å². The smallest absolute Gasteiger partial charge is 0.237 e. The zero-order valence-corrected chi connectivity index (χ0v) is 10.4. The number of fused-ring (bicyclic) bond motifs is 1. The molecule has 0 radical (unpaired) electrons. The van der Waals surface area contributed by atoms with E-state index < -0.39 is 0 Å². The van der Waals surface area contributed by atoms with Crippen LogP contribution in [-0.4, -0.2) is 24.0 Å². The molecule has 0 aliphatic carbocycles. The first-order chi connectivity index (χ1) is 8.61. The van der Waals surface area contributed by atoms with Gasteiger partial charge in [-0.3, -0.25) is 9.59 Å². The van der Waals surface area contributed by atoms with Crippen molar-refractivity contribution >= 4 is 34.8 Å². The lowest BCUT2D eigenvalue weighted by atomic mass is 10.2. The quantitative estimate of drug-likeness (QED) is 0.826. The highest BCUT2D eigenvalue weighted by molar-refractivity contribution is 8.00. The van der Waals surface area contributed by atoms with Crippen LogP contribution in [-0.2, 0) is 9.59 Å². The van der Waals surface area contributed by atoms with Crippen LogP contribution in [0.2, 0.25) is 0 Å². The number of nitriles is 1. The average Bonchev–Trinajstić information content (AvgIpc) is 2.33. The molecule has 2 rings (SSSR count). The minimum atomic E-state index is -0.272. The number of hydrogen-bond acceptors (Lipinski definition) is 5. The van der Waals surface area contributed by atoms with Crippen LogP contribution in [0.4, 0.5) is 11.4 Å². The predicted molar refractivity (Wildman–Crippen MR) is 69.2 cm³/mol. The van der Waals surface area contributed by atoms with Crippen molar-refractivity contribution in [1.29, 1.82) is 5.26 Å². The highest BCUT2D eigenvalue weighted by atomic mass is 32.2. The van der Waals surface area contributed by atoms with Crippen LogP contribution in [0, 0.1) is 11.3 Å². The second kappa shape index (κ2) is 5.10. The molecule has 0 saturated carbocycles. The third-order valence-corrected chi connectivity index (χ3v) is 3.58. The summed E-state index contributed by atoms with van der Waals surface area (Å²) in [4.78, 5) is 25.7. The summed E-state index contributed by atoms with van der Waals surface area (Å²) in [6.07, 6.45) is -0.186. The molecular formula is C12H11N3O2S. The number of benzene rings is 1. The van der Waals surface area contributed by atoms with Gasteiger partial charge in [0.15, 0.2) is 5.78 Å². The molecule has 18 heavy (non-hydrogen) atoms. The second-order valence-corrected chi connectivity index (χ2v) is 4.89. The number of nitrogen functional groups attached to an aromatic ring is 1. The predicted octanol–water partition coefficient (Wildman–Crippen LogP) is 1.19. The number of amides is 1.